The minimum Gasteiger partial charge on any atom is -0.326 e. The fourth-order valence-corrected chi connectivity index (χ4v) is 4.36. The van der Waals surface area contributed by atoms with Crippen molar-refractivity contribution in [3.63, 3.8) is 0 Å². The number of unbranched alkanes of at least 4 members (excludes halogenated alkanes) is 13. The molecule has 0 spiro atoms. The first-order valence-corrected chi connectivity index (χ1v) is 11.6. The van der Waals surface area contributed by atoms with Crippen LogP contribution in [-0.4, -0.2) is 31.2 Å². The van der Waals surface area contributed by atoms with Gasteiger partial charge in [-0.1, -0.05) is 84.0 Å². The summed E-state index contributed by atoms with van der Waals surface area (Å²) in [5, 5.41) is 0. The summed E-state index contributed by atoms with van der Waals surface area (Å²) in [5.74, 6) is 0. The van der Waals surface area contributed by atoms with Gasteiger partial charge in [0.25, 0.3) is 0 Å². The van der Waals surface area contributed by atoms with Crippen LogP contribution in [0, 0.1) is 0 Å². The normalized spacial score (nSPS) is 17.8. The molecule has 1 aliphatic rings. The van der Waals surface area contributed by atoms with Crippen molar-refractivity contribution >= 4 is 0 Å². The van der Waals surface area contributed by atoms with Crippen LogP contribution in [0.2, 0.25) is 0 Å². The summed E-state index contributed by atoms with van der Waals surface area (Å²) in [7, 11) is 2.51. The van der Waals surface area contributed by atoms with E-state index < -0.39 is 0 Å². The van der Waals surface area contributed by atoms with Crippen LogP contribution in [0.5, 0.6) is 0 Å². The SMILES string of the molecule is CCCCCCCCCCCCCCCC[N+]1(C)CCCCCC1. The smallest absolute Gasteiger partial charge is 0.0784 e. The standard InChI is InChI=1S/C23H48N/c1-3-4-5-6-7-8-9-10-11-12-13-14-15-18-21-24(2)22-19-16-17-20-23-24/h3-23H2,1-2H3/q+1. The Balaban J connectivity index is 1.79. The topological polar surface area (TPSA) is 0 Å². The van der Waals surface area contributed by atoms with Gasteiger partial charge in [-0.2, -0.15) is 0 Å². The quantitative estimate of drug-likeness (QED) is 0.214. The molecule has 0 unspecified atom stereocenters. The number of quaternary nitrogens is 1. The van der Waals surface area contributed by atoms with Crippen molar-refractivity contribution in [3.05, 3.63) is 0 Å². The van der Waals surface area contributed by atoms with Crippen molar-refractivity contribution < 1.29 is 4.48 Å². The molecule has 0 N–H and O–H groups in total. The van der Waals surface area contributed by atoms with Crippen LogP contribution >= 0.6 is 0 Å². The number of likely N-dealkylation sites (tertiary alicyclic amines) is 1. The average molecular weight is 339 g/mol. The number of hydrogen-bond acceptors (Lipinski definition) is 0. The van der Waals surface area contributed by atoms with E-state index in [0.717, 1.165) is 0 Å². The molecule has 1 aliphatic heterocycles. The average Bonchev–Trinajstić information content (AvgIpc) is 2.80. The molecule has 24 heavy (non-hydrogen) atoms. The summed E-state index contributed by atoms with van der Waals surface area (Å²) in [6.07, 6.45) is 26.5. The maximum atomic E-state index is 2.51. The molecular formula is C23H48N+. The molecule has 1 heteroatoms. The fraction of sp³-hybridized carbons (Fsp3) is 1.00. The molecule has 1 heterocycles. The third kappa shape index (κ3) is 12.3. The second-order valence-electron chi connectivity index (χ2n) is 8.80. The molecule has 0 saturated carbocycles. The van der Waals surface area contributed by atoms with E-state index in [2.05, 4.69) is 14.0 Å². The zero-order valence-corrected chi connectivity index (χ0v) is 17.3. The van der Waals surface area contributed by atoms with Crippen LogP contribution in [0.15, 0.2) is 0 Å². The van der Waals surface area contributed by atoms with Gasteiger partial charge >= 0.3 is 0 Å². The lowest BCUT2D eigenvalue weighted by Gasteiger charge is -2.33. The van der Waals surface area contributed by atoms with E-state index in [-0.39, 0.29) is 0 Å². The van der Waals surface area contributed by atoms with E-state index in [9.17, 15) is 0 Å². The highest BCUT2D eigenvalue weighted by atomic mass is 15.3. The Labute approximate surface area is 154 Å². The molecule has 0 amide bonds. The number of rotatable bonds is 15. The zero-order valence-electron chi connectivity index (χ0n) is 17.3. The predicted octanol–water partition coefficient (Wildman–Crippen LogP) is 7.49. The molecule has 0 radical (unpaired) electrons. The lowest BCUT2D eigenvalue weighted by molar-refractivity contribution is -0.909. The van der Waals surface area contributed by atoms with Gasteiger partial charge in [0, 0.05) is 0 Å². The predicted molar refractivity (Wildman–Crippen MR) is 110 cm³/mol. The Morgan fingerprint density at radius 1 is 0.500 bits per heavy atom. The van der Waals surface area contributed by atoms with Gasteiger partial charge in [0.2, 0.25) is 0 Å². The summed E-state index contributed by atoms with van der Waals surface area (Å²) in [5.41, 5.74) is 0. The van der Waals surface area contributed by atoms with Gasteiger partial charge in [-0.3, -0.25) is 0 Å². The van der Waals surface area contributed by atoms with Gasteiger partial charge in [0.05, 0.1) is 26.7 Å². The van der Waals surface area contributed by atoms with Gasteiger partial charge in [0.1, 0.15) is 0 Å². The van der Waals surface area contributed by atoms with Crippen molar-refractivity contribution in [1.82, 2.24) is 0 Å². The van der Waals surface area contributed by atoms with E-state index in [1.165, 1.54) is 140 Å². The molecule has 0 aliphatic carbocycles. The Bertz CT molecular complexity index is 253. The monoisotopic (exact) mass is 338 g/mol. The maximum absolute atomic E-state index is 2.51. The maximum Gasteiger partial charge on any atom is 0.0784 e. The zero-order chi connectivity index (χ0) is 17.3. The summed E-state index contributed by atoms with van der Waals surface area (Å²) in [6.45, 7) is 6.63. The highest BCUT2D eigenvalue weighted by molar-refractivity contribution is 4.53. The largest absolute Gasteiger partial charge is 0.326 e. The molecule has 1 saturated heterocycles. The van der Waals surface area contributed by atoms with Crippen LogP contribution in [0.3, 0.4) is 0 Å². The summed E-state index contributed by atoms with van der Waals surface area (Å²) in [6, 6.07) is 0. The molecular weight excluding hydrogens is 290 g/mol. The van der Waals surface area contributed by atoms with Gasteiger partial charge in [-0.15, -0.1) is 0 Å². The van der Waals surface area contributed by atoms with Gasteiger partial charge < -0.3 is 4.48 Å². The third-order valence-electron chi connectivity index (χ3n) is 6.20. The summed E-state index contributed by atoms with van der Waals surface area (Å²) in [4.78, 5) is 0. The van der Waals surface area contributed by atoms with Gasteiger partial charge in [-0.05, 0) is 38.5 Å². The summed E-state index contributed by atoms with van der Waals surface area (Å²) < 4.78 is 1.37. The number of nitrogens with zero attached hydrogens (tertiary/aromatic N) is 1. The van der Waals surface area contributed by atoms with Crippen molar-refractivity contribution in [2.75, 3.05) is 26.7 Å². The highest BCUT2D eigenvalue weighted by Crippen LogP contribution is 2.18. The van der Waals surface area contributed by atoms with E-state index in [0.29, 0.717) is 0 Å². The summed E-state index contributed by atoms with van der Waals surface area (Å²) >= 11 is 0. The Morgan fingerprint density at radius 3 is 1.29 bits per heavy atom. The molecule has 0 aromatic carbocycles. The van der Waals surface area contributed by atoms with Crippen molar-refractivity contribution in [2.45, 2.75) is 122 Å². The highest BCUT2D eigenvalue weighted by Gasteiger charge is 2.22. The molecule has 1 nitrogen and oxygen atoms in total. The van der Waals surface area contributed by atoms with Crippen molar-refractivity contribution in [2.24, 2.45) is 0 Å². The fourth-order valence-electron chi connectivity index (χ4n) is 4.36. The second kappa shape index (κ2) is 15.2. The minimum absolute atomic E-state index is 1.37. The van der Waals surface area contributed by atoms with E-state index in [4.69, 9.17) is 0 Å². The first kappa shape index (κ1) is 22.0. The second-order valence-corrected chi connectivity index (χ2v) is 8.80. The molecule has 0 atom stereocenters. The van der Waals surface area contributed by atoms with Gasteiger partial charge in [-0.25, -0.2) is 0 Å². The van der Waals surface area contributed by atoms with Crippen LogP contribution in [0.4, 0.5) is 0 Å². The Kier molecular flexibility index (Phi) is 14.0. The molecule has 0 aromatic heterocycles. The third-order valence-corrected chi connectivity index (χ3v) is 6.20. The molecule has 144 valence electrons. The molecule has 0 aromatic rings. The van der Waals surface area contributed by atoms with E-state index in [1.807, 2.05) is 0 Å². The minimum atomic E-state index is 1.37. The van der Waals surface area contributed by atoms with Crippen LogP contribution in [0.25, 0.3) is 0 Å². The Hall–Kier alpha value is -0.0400. The van der Waals surface area contributed by atoms with Crippen LogP contribution in [0.1, 0.15) is 122 Å². The first-order valence-electron chi connectivity index (χ1n) is 11.6. The Morgan fingerprint density at radius 2 is 0.875 bits per heavy atom. The molecule has 1 rings (SSSR count). The molecule has 0 bridgehead atoms. The van der Waals surface area contributed by atoms with Gasteiger partial charge in [0.15, 0.2) is 0 Å². The van der Waals surface area contributed by atoms with E-state index in [1.54, 1.807) is 0 Å². The lowest BCUT2D eigenvalue weighted by atomic mass is 10.0. The van der Waals surface area contributed by atoms with Crippen molar-refractivity contribution in [1.29, 1.82) is 0 Å². The van der Waals surface area contributed by atoms with Crippen LogP contribution in [-0.2, 0) is 0 Å². The molecule has 1 fully saturated rings. The van der Waals surface area contributed by atoms with Crippen molar-refractivity contribution in [3.8, 4) is 0 Å². The first-order chi connectivity index (χ1) is 11.8. The number of hydrogen-bond donors (Lipinski definition) is 0. The lowest BCUT2D eigenvalue weighted by Crippen LogP contribution is -2.45. The van der Waals surface area contributed by atoms with E-state index >= 15 is 0 Å². The van der Waals surface area contributed by atoms with Crippen LogP contribution < -0.4 is 0 Å².